The van der Waals surface area contributed by atoms with E-state index in [0.717, 1.165) is 30.1 Å². The second-order valence-electron chi connectivity index (χ2n) is 10.9. The summed E-state index contributed by atoms with van der Waals surface area (Å²) >= 11 is 13.2. The van der Waals surface area contributed by atoms with Crippen molar-refractivity contribution in [2.45, 2.75) is 9.79 Å². The lowest BCUT2D eigenvalue weighted by molar-refractivity contribution is 0.284. The Kier molecular flexibility index (Phi) is 9.87. The zero-order valence-corrected chi connectivity index (χ0v) is 31.1. The summed E-state index contributed by atoms with van der Waals surface area (Å²) in [6, 6.07) is 4.56. The third-order valence-corrected chi connectivity index (χ3v) is 11.7. The zero-order chi connectivity index (χ0) is 39.7. The molecule has 0 atom stereocenters. The molecule has 6 N–H and O–H groups in total. The Bertz CT molecular complexity index is 2920. The van der Waals surface area contributed by atoms with Crippen molar-refractivity contribution in [3.05, 3.63) is 45.7 Å². The van der Waals surface area contributed by atoms with Gasteiger partial charge in [0, 0.05) is 7.05 Å². The summed E-state index contributed by atoms with van der Waals surface area (Å²) in [5, 5.41) is 1.45. The van der Waals surface area contributed by atoms with Crippen molar-refractivity contribution in [3.8, 4) is 23.0 Å². The van der Waals surface area contributed by atoms with Crippen molar-refractivity contribution < 1.29 is 65.1 Å². The minimum Gasteiger partial charge on any atom is -0.450 e. The van der Waals surface area contributed by atoms with E-state index in [4.69, 9.17) is 42.6 Å². The average Bonchev–Trinajstić information content (AvgIpc) is 3.03. The van der Waals surface area contributed by atoms with Gasteiger partial charge >= 0.3 is 26.6 Å². The second-order valence-corrected chi connectivity index (χ2v) is 17.6. The molecule has 3 heterocycles. The predicted octanol–water partition coefficient (Wildman–Crippen LogP) is 2.35. The molecule has 288 valence electrons. The zero-order valence-electron chi connectivity index (χ0n) is 26.3. The van der Waals surface area contributed by atoms with Crippen LogP contribution in [-0.2, 0) is 44.7 Å². The fraction of sp³-hybridized carbons (Fsp3) is 0.160. The second kappa shape index (κ2) is 13.6. The number of nitrogens with two attached hydrogens (primary N) is 1. The van der Waals surface area contributed by atoms with E-state index in [-0.39, 0.29) is 44.1 Å². The van der Waals surface area contributed by atoms with Crippen LogP contribution in [0.1, 0.15) is 0 Å². The van der Waals surface area contributed by atoms with Crippen molar-refractivity contribution in [1.29, 1.82) is 0 Å². The lowest BCUT2D eigenvalue weighted by atomic mass is 10.1. The van der Waals surface area contributed by atoms with Gasteiger partial charge in [0.1, 0.15) is 32.8 Å². The van der Waals surface area contributed by atoms with Crippen LogP contribution in [0.15, 0.2) is 43.5 Å². The van der Waals surface area contributed by atoms with Crippen molar-refractivity contribution in [2.75, 3.05) is 41.2 Å². The van der Waals surface area contributed by atoms with E-state index in [1.54, 1.807) is 0 Å². The van der Waals surface area contributed by atoms with E-state index in [0.29, 0.717) is 0 Å². The molecule has 3 aromatic rings. The number of aromatic nitrogens is 4. The van der Waals surface area contributed by atoms with Gasteiger partial charge in [-0.25, -0.2) is 22.6 Å². The van der Waals surface area contributed by atoms with E-state index in [1.165, 1.54) is 6.07 Å². The summed E-state index contributed by atoms with van der Waals surface area (Å²) in [5.41, 5.74) is 4.30. The van der Waals surface area contributed by atoms with Gasteiger partial charge in [-0.05, 0) is 24.3 Å². The minimum absolute atomic E-state index is 0.0477. The highest BCUT2D eigenvalue weighted by Gasteiger charge is 2.34. The molecule has 1 aromatic heterocycles. The predicted molar refractivity (Wildman–Crippen MR) is 184 cm³/mol. The SMILES string of the molecule is CN(CS(=O)(=O)CCOS(=O)(=O)O)c1nc(F)nc(/N=c2\ccc3nc4c(Cl)c5c(c(Cl)c4oc-3c2S(=O)(=O)O)Nc2ccc(N)c(S(=O)(=O)O)c2O5)n1. The first-order chi connectivity index (χ1) is 24.9. The molecular weight excluding hydrogens is 854 g/mol. The van der Waals surface area contributed by atoms with Crippen LogP contribution >= 0.6 is 23.2 Å². The normalized spacial score (nSPS) is 13.7. The van der Waals surface area contributed by atoms with Crippen molar-refractivity contribution in [3.63, 3.8) is 0 Å². The number of nitrogens with one attached hydrogen (secondary N) is 1. The maximum absolute atomic E-state index is 14.5. The van der Waals surface area contributed by atoms with Crippen LogP contribution in [0, 0.1) is 6.08 Å². The van der Waals surface area contributed by atoms with Gasteiger partial charge in [0.05, 0.1) is 29.1 Å². The molecule has 0 unspecified atom stereocenters. The van der Waals surface area contributed by atoms with E-state index < -0.39 is 109 Å². The van der Waals surface area contributed by atoms with Crippen LogP contribution in [0.3, 0.4) is 0 Å². The standard InChI is InChI=1S/C25H19Cl2FN8O14S4/c1-36(8-51(37,38)7-6-48-54(45,46)47)25-34-23(28)33-24(35-25)32-12-5-4-11-18(22(12)53(42,43)44)50-20-14(27)15-19(13(26)16(20)31-11)49-17-10(30-15)3-2-9(29)21(17)52(39,40)41/h2-5,30H,6-8,29H2,1H3,(H,39,40,41)(H,42,43,44)(H,45,46,47)/b32-12+. The number of benzene rings is 3. The molecule has 0 spiro atoms. The molecule has 1 aliphatic carbocycles. The van der Waals surface area contributed by atoms with Crippen LogP contribution in [0.5, 0.6) is 11.5 Å². The van der Waals surface area contributed by atoms with Crippen LogP contribution in [0.2, 0.25) is 10.0 Å². The van der Waals surface area contributed by atoms with Gasteiger partial charge < -0.3 is 25.1 Å². The molecule has 0 amide bonds. The molecule has 2 aromatic carbocycles. The van der Waals surface area contributed by atoms with Crippen molar-refractivity contribution in [2.24, 2.45) is 4.99 Å². The number of halogens is 3. The van der Waals surface area contributed by atoms with E-state index >= 15 is 0 Å². The number of hydrogen-bond acceptors (Lipinski definition) is 19. The third-order valence-electron chi connectivity index (χ3n) is 7.06. The Balaban J connectivity index is 1.46. The number of fused-ring (bicyclic) bond motifs is 4. The number of anilines is 4. The molecule has 3 aliphatic rings. The molecule has 54 heavy (non-hydrogen) atoms. The van der Waals surface area contributed by atoms with Crippen LogP contribution in [-0.4, -0.2) is 92.5 Å². The van der Waals surface area contributed by atoms with Gasteiger partial charge in [-0.3, -0.25) is 13.7 Å². The molecular formula is C25H19Cl2FN8O14S4. The first-order valence-electron chi connectivity index (χ1n) is 14.0. The van der Waals surface area contributed by atoms with Gasteiger partial charge in [0.2, 0.25) is 5.95 Å². The van der Waals surface area contributed by atoms with E-state index in [9.17, 15) is 47.2 Å². The number of rotatable bonds is 10. The summed E-state index contributed by atoms with van der Waals surface area (Å²) in [6.07, 6.45) is -1.50. The largest absolute Gasteiger partial charge is 0.450 e. The Labute approximate surface area is 312 Å². The van der Waals surface area contributed by atoms with Gasteiger partial charge in [0.15, 0.2) is 42.5 Å². The van der Waals surface area contributed by atoms with Gasteiger partial charge in [-0.2, -0.15) is 44.6 Å². The Morgan fingerprint density at radius 3 is 2.26 bits per heavy atom. The van der Waals surface area contributed by atoms with Crippen molar-refractivity contribution in [1.82, 2.24) is 19.9 Å². The fourth-order valence-electron chi connectivity index (χ4n) is 4.94. The van der Waals surface area contributed by atoms with Crippen LogP contribution < -0.4 is 26.0 Å². The fourth-order valence-corrected chi connectivity index (χ4v) is 8.55. The quantitative estimate of drug-likeness (QED) is 0.0749. The van der Waals surface area contributed by atoms with Gasteiger partial charge in [-0.15, -0.1) is 0 Å². The first-order valence-corrected chi connectivity index (χ1v) is 20.9. The summed E-state index contributed by atoms with van der Waals surface area (Å²) in [7, 11) is -18.2. The molecule has 0 saturated carbocycles. The number of hydrogen-bond donors (Lipinski definition) is 5. The molecule has 6 rings (SSSR count). The lowest BCUT2D eigenvalue weighted by Crippen LogP contribution is -2.30. The smallest absolute Gasteiger partial charge is 0.397 e. The lowest BCUT2D eigenvalue weighted by Gasteiger charge is -2.26. The summed E-state index contributed by atoms with van der Waals surface area (Å²) in [6.45, 7) is -0.942. The summed E-state index contributed by atoms with van der Waals surface area (Å²) < 4.78 is 155. The summed E-state index contributed by atoms with van der Waals surface area (Å²) in [5.74, 6) is -4.68. The number of sulfone groups is 1. The maximum Gasteiger partial charge on any atom is 0.397 e. The molecule has 0 bridgehead atoms. The number of nitrogen functional groups attached to an aromatic ring is 1. The van der Waals surface area contributed by atoms with Crippen molar-refractivity contribution >= 4 is 104 Å². The highest BCUT2D eigenvalue weighted by Crippen LogP contribution is 2.55. The topological polar surface area (TPSA) is 334 Å². The number of ether oxygens (including phenoxy) is 1. The molecule has 29 heteroatoms. The minimum atomic E-state index is -5.30. The number of nitrogens with zero attached hydrogens (tertiary/aromatic N) is 6. The van der Waals surface area contributed by atoms with Crippen LogP contribution in [0.4, 0.5) is 33.3 Å². The highest BCUT2D eigenvalue weighted by molar-refractivity contribution is 7.91. The Morgan fingerprint density at radius 2 is 1.61 bits per heavy atom. The van der Waals surface area contributed by atoms with Crippen LogP contribution in [0.25, 0.3) is 22.6 Å². The third kappa shape index (κ3) is 7.80. The monoisotopic (exact) mass is 872 g/mol. The van der Waals surface area contributed by atoms with E-state index in [1.807, 2.05) is 0 Å². The molecule has 0 saturated heterocycles. The Hall–Kier alpha value is -4.58. The molecule has 0 fully saturated rings. The Morgan fingerprint density at radius 1 is 0.926 bits per heavy atom. The van der Waals surface area contributed by atoms with Gasteiger partial charge in [-0.1, -0.05) is 23.2 Å². The highest BCUT2D eigenvalue weighted by atomic mass is 35.5. The maximum atomic E-state index is 14.5. The first kappa shape index (κ1) is 39.1. The summed E-state index contributed by atoms with van der Waals surface area (Å²) in [4.78, 5) is 17.7. The van der Waals surface area contributed by atoms with E-state index in [2.05, 4.69) is 34.4 Å². The molecule has 0 radical (unpaired) electrons. The average molecular weight is 874 g/mol. The van der Waals surface area contributed by atoms with Gasteiger partial charge in [0.25, 0.3) is 16.1 Å². The molecule has 2 aliphatic heterocycles. The molecule has 22 nitrogen and oxygen atoms in total.